The SMILES string of the molecule is CCc1cnc(CN=C2NC3CCCCC3CS2)s1. The van der Waals surface area contributed by atoms with E-state index in [9.17, 15) is 0 Å². The number of thiazole rings is 1. The van der Waals surface area contributed by atoms with Crippen LogP contribution >= 0.6 is 23.1 Å². The second-order valence-corrected chi connectivity index (χ2v) is 7.51. The Morgan fingerprint density at radius 3 is 3.16 bits per heavy atom. The van der Waals surface area contributed by atoms with Gasteiger partial charge in [0.25, 0.3) is 0 Å². The van der Waals surface area contributed by atoms with Crippen molar-refractivity contribution in [3.63, 3.8) is 0 Å². The first-order valence-electron chi connectivity index (χ1n) is 7.22. The highest BCUT2D eigenvalue weighted by Crippen LogP contribution is 2.31. The van der Waals surface area contributed by atoms with Gasteiger partial charge in [0.05, 0.1) is 6.54 Å². The molecule has 19 heavy (non-hydrogen) atoms. The minimum absolute atomic E-state index is 0.677. The molecular formula is C14H21N3S2. The van der Waals surface area contributed by atoms with Gasteiger partial charge in [-0.15, -0.1) is 11.3 Å². The molecule has 104 valence electrons. The molecule has 3 rings (SSSR count). The molecule has 1 saturated heterocycles. The minimum atomic E-state index is 0.677. The quantitative estimate of drug-likeness (QED) is 0.928. The number of aliphatic imine (C=N–C) groups is 1. The van der Waals surface area contributed by atoms with Gasteiger partial charge in [0.1, 0.15) is 5.01 Å². The number of hydrogen-bond acceptors (Lipinski definition) is 4. The lowest BCUT2D eigenvalue weighted by atomic mass is 9.86. The third kappa shape index (κ3) is 3.31. The highest BCUT2D eigenvalue weighted by atomic mass is 32.2. The Morgan fingerprint density at radius 1 is 1.42 bits per heavy atom. The topological polar surface area (TPSA) is 37.3 Å². The molecule has 2 unspecified atom stereocenters. The number of aromatic nitrogens is 1. The lowest BCUT2D eigenvalue weighted by Gasteiger charge is -2.36. The Bertz CT molecular complexity index is 455. The number of aryl methyl sites for hydroxylation is 1. The van der Waals surface area contributed by atoms with Gasteiger partial charge in [-0.3, -0.25) is 4.99 Å². The number of rotatable bonds is 3. The molecule has 2 fully saturated rings. The number of nitrogens with zero attached hydrogens (tertiary/aromatic N) is 2. The van der Waals surface area contributed by atoms with Gasteiger partial charge in [0.2, 0.25) is 0 Å². The molecule has 2 atom stereocenters. The Morgan fingerprint density at radius 2 is 2.32 bits per heavy atom. The van der Waals surface area contributed by atoms with Gasteiger partial charge in [0.15, 0.2) is 5.17 Å². The van der Waals surface area contributed by atoms with Gasteiger partial charge < -0.3 is 5.32 Å². The van der Waals surface area contributed by atoms with Gasteiger partial charge >= 0.3 is 0 Å². The van der Waals surface area contributed by atoms with E-state index in [1.165, 1.54) is 36.3 Å². The summed E-state index contributed by atoms with van der Waals surface area (Å²) < 4.78 is 0. The number of nitrogens with one attached hydrogen (secondary N) is 1. The van der Waals surface area contributed by atoms with Crippen LogP contribution in [0.4, 0.5) is 0 Å². The van der Waals surface area contributed by atoms with Crippen molar-refractivity contribution in [2.45, 2.75) is 51.6 Å². The van der Waals surface area contributed by atoms with Crippen LogP contribution in [0.2, 0.25) is 0 Å². The molecule has 2 aliphatic rings. The molecule has 0 radical (unpaired) electrons. The maximum atomic E-state index is 4.71. The zero-order valence-corrected chi connectivity index (χ0v) is 13.0. The number of fused-ring (bicyclic) bond motifs is 1. The zero-order valence-electron chi connectivity index (χ0n) is 11.4. The fraction of sp³-hybridized carbons (Fsp3) is 0.714. The first kappa shape index (κ1) is 13.4. The van der Waals surface area contributed by atoms with E-state index in [1.54, 1.807) is 11.3 Å². The fourth-order valence-corrected chi connectivity index (χ4v) is 4.75. The van der Waals surface area contributed by atoms with Crippen LogP contribution in [0.5, 0.6) is 0 Å². The Balaban J connectivity index is 1.58. The van der Waals surface area contributed by atoms with Crippen LogP contribution < -0.4 is 5.32 Å². The van der Waals surface area contributed by atoms with E-state index in [-0.39, 0.29) is 0 Å². The average molecular weight is 295 g/mol. The van der Waals surface area contributed by atoms with Crippen molar-refractivity contribution < 1.29 is 0 Å². The van der Waals surface area contributed by atoms with Crippen LogP contribution in [0.15, 0.2) is 11.2 Å². The predicted molar refractivity (Wildman–Crippen MR) is 84.0 cm³/mol. The summed E-state index contributed by atoms with van der Waals surface area (Å²) in [6, 6.07) is 0.677. The van der Waals surface area contributed by atoms with E-state index in [0.717, 1.165) is 29.1 Å². The van der Waals surface area contributed by atoms with Gasteiger partial charge in [0, 0.05) is 22.9 Å². The smallest absolute Gasteiger partial charge is 0.157 e. The van der Waals surface area contributed by atoms with E-state index < -0.39 is 0 Å². The molecule has 1 aliphatic heterocycles. The number of thioether (sulfide) groups is 1. The van der Waals surface area contributed by atoms with Gasteiger partial charge in [-0.1, -0.05) is 31.5 Å². The third-order valence-corrected chi connectivity index (χ3v) is 6.20. The van der Waals surface area contributed by atoms with E-state index in [4.69, 9.17) is 4.99 Å². The lowest BCUT2D eigenvalue weighted by molar-refractivity contribution is 0.311. The van der Waals surface area contributed by atoms with E-state index in [2.05, 4.69) is 17.2 Å². The minimum Gasteiger partial charge on any atom is -0.362 e. The summed E-state index contributed by atoms with van der Waals surface area (Å²) >= 11 is 3.69. The molecule has 3 nitrogen and oxygen atoms in total. The summed E-state index contributed by atoms with van der Waals surface area (Å²) in [4.78, 5) is 10.5. The van der Waals surface area contributed by atoms with Crippen molar-refractivity contribution in [3.8, 4) is 0 Å². The first-order chi connectivity index (χ1) is 9.35. The summed E-state index contributed by atoms with van der Waals surface area (Å²) in [6.07, 6.45) is 8.56. The third-order valence-electron chi connectivity index (χ3n) is 3.96. The monoisotopic (exact) mass is 295 g/mol. The van der Waals surface area contributed by atoms with Crippen molar-refractivity contribution >= 4 is 28.3 Å². The van der Waals surface area contributed by atoms with Crippen LogP contribution in [0, 0.1) is 5.92 Å². The predicted octanol–water partition coefficient (Wildman–Crippen LogP) is 3.46. The molecule has 0 amide bonds. The summed E-state index contributed by atoms with van der Waals surface area (Å²) in [5, 5.41) is 5.91. The fourth-order valence-electron chi connectivity index (χ4n) is 2.80. The van der Waals surface area contributed by atoms with E-state index >= 15 is 0 Å². The zero-order chi connectivity index (χ0) is 13.1. The largest absolute Gasteiger partial charge is 0.362 e. The number of hydrogen-bond donors (Lipinski definition) is 1. The summed E-state index contributed by atoms with van der Waals surface area (Å²) in [5.41, 5.74) is 0. The van der Waals surface area contributed by atoms with Crippen molar-refractivity contribution in [2.24, 2.45) is 10.9 Å². The van der Waals surface area contributed by atoms with Crippen LogP contribution in [-0.2, 0) is 13.0 Å². The highest BCUT2D eigenvalue weighted by molar-refractivity contribution is 8.13. The van der Waals surface area contributed by atoms with Gasteiger partial charge in [-0.25, -0.2) is 4.98 Å². The Hall–Kier alpha value is -0.550. The second kappa shape index (κ2) is 6.27. The average Bonchev–Trinajstić information content (AvgIpc) is 2.93. The van der Waals surface area contributed by atoms with Gasteiger partial charge in [-0.2, -0.15) is 0 Å². The first-order valence-corrected chi connectivity index (χ1v) is 9.02. The molecule has 1 aliphatic carbocycles. The van der Waals surface area contributed by atoms with Crippen molar-refractivity contribution in [3.05, 3.63) is 16.1 Å². The normalized spacial score (nSPS) is 29.0. The summed E-state index contributed by atoms with van der Waals surface area (Å²) in [7, 11) is 0. The molecule has 1 aromatic rings. The Labute approximate surface area is 123 Å². The lowest BCUT2D eigenvalue weighted by Crippen LogP contribution is -2.46. The van der Waals surface area contributed by atoms with Crippen LogP contribution in [0.1, 0.15) is 42.5 Å². The van der Waals surface area contributed by atoms with Crippen LogP contribution in [-0.4, -0.2) is 21.9 Å². The molecule has 0 spiro atoms. The molecule has 0 bridgehead atoms. The van der Waals surface area contributed by atoms with Crippen molar-refractivity contribution in [1.82, 2.24) is 10.3 Å². The highest BCUT2D eigenvalue weighted by Gasteiger charge is 2.30. The number of amidine groups is 1. The Kier molecular flexibility index (Phi) is 4.43. The summed E-state index contributed by atoms with van der Waals surface area (Å²) in [5.74, 6) is 2.11. The van der Waals surface area contributed by atoms with E-state index in [0.29, 0.717) is 6.04 Å². The second-order valence-electron chi connectivity index (χ2n) is 5.30. The van der Waals surface area contributed by atoms with Crippen LogP contribution in [0.25, 0.3) is 0 Å². The summed E-state index contributed by atoms with van der Waals surface area (Å²) in [6.45, 7) is 2.91. The molecule has 1 N–H and O–H groups in total. The van der Waals surface area contributed by atoms with Gasteiger partial charge in [-0.05, 0) is 25.2 Å². The molecular weight excluding hydrogens is 274 g/mol. The molecule has 1 saturated carbocycles. The standard InChI is InChI=1S/C14H21N3S2/c1-2-11-7-15-13(19-11)8-16-14-17-12-6-4-3-5-10(12)9-18-14/h7,10,12H,2-6,8-9H2,1H3,(H,16,17). The van der Waals surface area contributed by atoms with E-state index in [1.807, 2.05) is 18.0 Å². The van der Waals surface area contributed by atoms with Crippen LogP contribution in [0.3, 0.4) is 0 Å². The molecule has 2 heterocycles. The molecule has 0 aromatic carbocycles. The maximum absolute atomic E-state index is 4.71. The molecule has 5 heteroatoms. The maximum Gasteiger partial charge on any atom is 0.157 e. The van der Waals surface area contributed by atoms with Crippen molar-refractivity contribution in [2.75, 3.05) is 5.75 Å². The van der Waals surface area contributed by atoms with Crippen molar-refractivity contribution in [1.29, 1.82) is 0 Å². The molecule has 1 aromatic heterocycles.